The van der Waals surface area contributed by atoms with E-state index in [2.05, 4.69) is 29.5 Å². The van der Waals surface area contributed by atoms with E-state index in [9.17, 15) is 24.9 Å². The number of amides is 2. The molecule has 0 unspecified atom stereocenters. The van der Waals surface area contributed by atoms with Crippen LogP contribution in [-0.2, 0) is 9.59 Å². The summed E-state index contributed by atoms with van der Waals surface area (Å²) in [6.45, 7) is 1.73. The van der Waals surface area contributed by atoms with Crippen molar-refractivity contribution in [3.63, 3.8) is 0 Å². The van der Waals surface area contributed by atoms with Crippen LogP contribution in [-0.4, -0.2) is 47.0 Å². The number of aliphatic hydroxyl groups is 2. The molecule has 1 aliphatic carbocycles. The number of anilines is 1. The molecule has 4 atom stereocenters. The van der Waals surface area contributed by atoms with Crippen molar-refractivity contribution in [2.45, 2.75) is 45.1 Å². The van der Waals surface area contributed by atoms with Gasteiger partial charge in [-0.1, -0.05) is 73.5 Å². The highest BCUT2D eigenvalue weighted by Gasteiger charge is 2.55. The highest BCUT2D eigenvalue weighted by atomic mass is 127. The van der Waals surface area contributed by atoms with Crippen LogP contribution in [0.3, 0.4) is 0 Å². The maximum atomic E-state index is 13.8. The largest absolute Gasteiger partial charge is 0.504 e. The Balaban J connectivity index is 1.46. The van der Waals surface area contributed by atoms with Gasteiger partial charge in [0.05, 0.1) is 40.9 Å². The fourth-order valence-corrected chi connectivity index (χ4v) is 7.39. The van der Waals surface area contributed by atoms with E-state index in [-0.39, 0.29) is 24.2 Å². The highest BCUT2D eigenvalue weighted by Crippen LogP contribution is 2.48. The molecule has 1 aliphatic heterocycles. The maximum absolute atomic E-state index is 13.8. The Bertz CT molecular complexity index is 1570. The van der Waals surface area contributed by atoms with Crippen LogP contribution in [0.15, 0.2) is 83.9 Å². The molecule has 8 heteroatoms. The van der Waals surface area contributed by atoms with Gasteiger partial charge in [-0.05, 0) is 94.8 Å². The Labute approximate surface area is 272 Å². The maximum Gasteiger partial charge on any atom is 0.238 e. The molecule has 3 aromatic carbocycles. The van der Waals surface area contributed by atoms with E-state index in [0.29, 0.717) is 46.3 Å². The van der Waals surface area contributed by atoms with E-state index < -0.39 is 23.9 Å². The number of phenols is 1. The summed E-state index contributed by atoms with van der Waals surface area (Å²) in [4.78, 5) is 28.6. The number of aromatic hydroxyl groups is 1. The molecule has 0 aromatic heterocycles. The van der Waals surface area contributed by atoms with Crippen LogP contribution < -0.4 is 9.64 Å². The summed E-state index contributed by atoms with van der Waals surface area (Å²) >= 11 is 2.07. The fourth-order valence-electron chi connectivity index (χ4n) is 6.76. The third-order valence-electron chi connectivity index (χ3n) is 8.75. The van der Waals surface area contributed by atoms with Crippen LogP contribution in [0.5, 0.6) is 11.5 Å². The SMILES string of the molecule is CCCC1=C([C@H](O)CC/C(=C/c2cc(I)c(O)c(OC)c2)c2ccccc2)[C@H](CO)[C@@H]2C(=O)N(c3ccccc3)C(=O)[C@@H]2C1. The van der Waals surface area contributed by atoms with Crippen molar-refractivity contribution in [2.75, 3.05) is 18.6 Å². The van der Waals surface area contributed by atoms with Crippen LogP contribution in [0.25, 0.3) is 11.6 Å². The second-order valence-electron chi connectivity index (χ2n) is 11.4. The summed E-state index contributed by atoms with van der Waals surface area (Å²) in [7, 11) is 1.52. The van der Waals surface area contributed by atoms with Crippen LogP contribution in [0, 0.1) is 21.3 Å². The molecule has 7 nitrogen and oxygen atoms in total. The second-order valence-corrected chi connectivity index (χ2v) is 12.6. The molecule has 0 bridgehead atoms. The number of rotatable bonds is 11. The van der Waals surface area contributed by atoms with Crippen molar-refractivity contribution < 1.29 is 29.6 Å². The molecule has 44 heavy (non-hydrogen) atoms. The minimum absolute atomic E-state index is 0.0914. The lowest BCUT2D eigenvalue weighted by Gasteiger charge is -2.36. The quantitative estimate of drug-likeness (QED) is 0.0898. The molecule has 0 saturated carbocycles. The molecule has 230 valence electrons. The van der Waals surface area contributed by atoms with E-state index in [1.807, 2.05) is 48.5 Å². The standard InChI is InChI=1S/C36H38INO6/c1-3-10-25-20-27-33(36(43)38(35(27)42)26-13-8-5-9-14-26)28(21-39)32(25)30(40)16-15-24(23-11-6-4-7-12-23)17-22-18-29(37)34(41)31(19-22)44-2/h4-9,11-14,17-19,27-28,30,33,39-41H,3,10,15-16,20-21H2,1-2H3/b24-17-/t27-,28+,30-,33-/m1/s1. The van der Waals surface area contributed by atoms with Gasteiger partial charge in [-0.15, -0.1) is 0 Å². The molecule has 3 N–H and O–H groups in total. The molecular weight excluding hydrogens is 669 g/mol. The van der Waals surface area contributed by atoms with Gasteiger partial charge in [0.25, 0.3) is 0 Å². The number of benzene rings is 3. The summed E-state index contributed by atoms with van der Waals surface area (Å²) in [6.07, 6.45) is 3.93. The van der Waals surface area contributed by atoms with E-state index >= 15 is 0 Å². The summed E-state index contributed by atoms with van der Waals surface area (Å²) in [5, 5.41) is 32.8. The van der Waals surface area contributed by atoms with Gasteiger partial charge < -0.3 is 20.1 Å². The third kappa shape index (κ3) is 6.34. The number of phenolic OH excluding ortho intramolecular Hbond substituents is 1. The van der Waals surface area contributed by atoms with E-state index in [0.717, 1.165) is 28.7 Å². The van der Waals surface area contributed by atoms with Gasteiger partial charge in [-0.2, -0.15) is 0 Å². The smallest absolute Gasteiger partial charge is 0.238 e. The average molecular weight is 708 g/mol. The number of aliphatic hydroxyl groups excluding tert-OH is 2. The lowest BCUT2D eigenvalue weighted by atomic mass is 9.67. The Kier molecular flexibility index (Phi) is 10.2. The zero-order chi connectivity index (χ0) is 31.4. The molecule has 1 saturated heterocycles. The van der Waals surface area contributed by atoms with Gasteiger partial charge in [-0.25, -0.2) is 0 Å². The van der Waals surface area contributed by atoms with Crippen LogP contribution in [0.4, 0.5) is 5.69 Å². The summed E-state index contributed by atoms with van der Waals surface area (Å²) in [5.74, 6) is -1.98. The Morgan fingerprint density at radius 2 is 1.75 bits per heavy atom. The number of carbonyl (C=O) groups is 2. The van der Waals surface area contributed by atoms with Crippen LogP contribution >= 0.6 is 22.6 Å². The van der Waals surface area contributed by atoms with Gasteiger partial charge >= 0.3 is 0 Å². The molecule has 1 fully saturated rings. The van der Waals surface area contributed by atoms with Crippen molar-refractivity contribution in [3.8, 4) is 11.5 Å². The molecule has 1 heterocycles. The Morgan fingerprint density at radius 1 is 1.07 bits per heavy atom. The Hall–Kier alpha value is -3.47. The topological polar surface area (TPSA) is 107 Å². The molecular formula is C36H38INO6. The number of fused-ring (bicyclic) bond motifs is 1. The van der Waals surface area contributed by atoms with Crippen LogP contribution in [0.1, 0.15) is 50.2 Å². The van der Waals surface area contributed by atoms with Crippen molar-refractivity contribution in [1.29, 1.82) is 0 Å². The number of ether oxygens (including phenoxy) is 1. The van der Waals surface area contributed by atoms with Gasteiger partial charge in [0.2, 0.25) is 11.8 Å². The number of nitrogens with zero attached hydrogens (tertiary/aromatic N) is 1. The van der Waals surface area contributed by atoms with Gasteiger partial charge in [-0.3, -0.25) is 14.5 Å². The lowest BCUT2D eigenvalue weighted by molar-refractivity contribution is -0.123. The van der Waals surface area contributed by atoms with Crippen molar-refractivity contribution >= 4 is 51.7 Å². The summed E-state index contributed by atoms with van der Waals surface area (Å²) < 4.78 is 6.03. The molecule has 2 aliphatic rings. The number of carbonyl (C=O) groups excluding carboxylic acids is 2. The van der Waals surface area contributed by atoms with E-state index in [1.165, 1.54) is 12.0 Å². The first-order chi connectivity index (χ1) is 21.3. The molecule has 0 radical (unpaired) electrons. The Morgan fingerprint density at radius 3 is 2.39 bits per heavy atom. The molecule has 0 spiro atoms. The summed E-state index contributed by atoms with van der Waals surface area (Å²) in [6, 6.07) is 22.5. The zero-order valence-electron chi connectivity index (χ0n) is 24.9. The van der Waals surface area contributed by atoms with Crippen molar-refractivity contribution in [3.05, 3.63) is 98.6 Å². The average Bonchev–Trinajstić information content (AvgIpc) is 3.29. The highest BCUT2D eigenvalue weighted by molar-refractivity contribution is 14.1. The first-order valence-corrected chi connectivity index (χ1v) is 16.1. The molecule has 5 rings (SSSR count). The van der Waals surface area contributed by atoms with Gasteiger partial charge in [0.15, 0.2) is 11.5 Å². The van der Waals surface area contributed by atoms with Gasteiger partial charge in [0, 0.05) is 5.92 Å². The monoisotopic (exact) mass is 707 g/mol. The fraction of sp³-hybridized carbons (Fsp3) is 0.333. The van der Waals surface area contributed by atoms with E-state index in [1.54, 1.807) is 30.3 Å². The van der Waals surface area contributed by atoms with Crippen molar-refractivity contribution in [1.82, 2.24) is 0 Å². The number of hydrogen-bond acceptors (Lipinski definition) is 6. The normalized spacial score (nSPS) is 21.1. The number of allylic oxidation sites excluding steroid dienone is 2. The molecule has 3 aromatic rings. The predicted molar refractivity (Wildman–Crippen MR) is 180 cm³/mol. The van der Waals surface area contributed by atoms with Gasteiger partial charge in [0.1, 0.15) is 0 Å². The molecule has 2 amide bonds. The van der Waals surface area contributed by atoms with Crippen LogP contribution in [0.2, 0.25) is 0 Å². The first-order valence-electron chi connectivity index (χ1n) is 15.0. The second kappa shape index (κ2) is 14.1. The summed E-state index contributed by atoms with van der Waals surface area (Å²) in [5.41, 5.74) is 5.06. The number of halogens is 1. The first kappa shape index (κ1) is 31.9. The van der Waals surface area contributed by atoms with Crippen molar-refractivity contribution in [2.24, 2.45) is 17.8 Å². The van der Waals surface area contributed by atoms with E-state index in [4.69, 9.17) is 4.74 Å². The third-order valence-corrected chi connectivity index (χ3v) is 9.57. The predicted octanol–water partition coefficient (Wildman–Crippen LogP) is 6.60. The number of imide groups is 1. The number of para-hydroxylation sites is 1. The number of methoxy groups -OCH3 is 1. The lowest BCUT2D eigenvalue weighted by Crippen LogP contribution is -2.39. The minimum Gasteiger partial charge on any atom is -0.504 e. The zero-order valence-corrected chi connectivity index (χ0v) is 27.1. The minimum atomic E-state index is -0.898. The number of hydrogen-bond donors (Lipinski definition) is 3.